The number of hydrogen-bond donors (Lipinski definition) is 1. The number of benzene rings is 2. The number of sulfonamides is 1. The number of imidazole rings is 1. The van der Waals surface area contributed by atoms with Gasteiger partial charge < -0.3 is 0 Å². The zero-order valence-electron chi connectivity index (χ0n) is 14.9. The average molecular weight is 451 g/mol. The van der Waals surface area contributed by atoms with Crippen molar-refractivity contribution in [2.45, 2.75) is 11.1 Å². The predicted octanol–water partition coefficient (Wildman–Crippen LogP) is 3.72. The molecule has 0 fully saturated rings. The smallest absolute Gasteiger partial charge is 0.297 e. The summed E-state index contributed by atoms with van der Waals surface area (Å²) in [5.74, 6) is -0.0645. The lowest BCUT2D eigenvalue weighted by atomic mass is 10.2. The fourth-order valence-electron chi connectivity index (χ4n) is 2.67. The van der Waals surface area contributed by atoms with Crippen LogP contribution in [0.15, 0.2) is 65.7 Å². The molecule has 2 heterocycles. The number of nitrogens with zero attached hydrogens (tertiary/aromatic N) is 4. The van der Waals surface area contributed by atoms with Gasteiger partial charge in [0.2, 0.25) is 10.0 Å². The Balaban J connectivity index is 1.82. The van der Waals surface area contributed by atoms with Crippen LogP contribution >= 0.6 is 11.3 Å². The molecule has 0 amide bonds. The van der Waals surface area contributed by atoms with E-state index in [1.165, 1.54) is 28.8 Å². The maximum Gasteiger partial charge on any atom is 0.434 e. The lowest BCUT2D eigenvalue weighted by Gasteiger charge is -2.06. The number of primary sulfonamides is 1. The van der Waals surface area contributed by atoms with Gasteiger partial charge in [0.15, 0.2) is 16.5 Å². The molecule has 2 N–H and O–H groups in total. The SMILES string of the molecule is NS(=O)(=O)c1ccc(-n2cc(C(F)(F)F)nc2-c2nnc(-c3ccccc3)s2)cc1. The third kappa shape index (κ3) is 3.97. The highest BCUT2D eigenvalue weighted by molar-refractivity contribution is 7.89. The zero-order valence-corrected chi connectivity index (χ0v) is 16.5. The molecule has 154 valence electrons. The molecule has 4 aromatic rings. The van der Waals surface area contributed by atoms with Gasteiger partial charge in [-0.1, -0.05) is 41.7 Å². The van der Waals surface area contributed by atoms with Crippen molar-refractivity contribution in [1.29, 1.82) is 0 Å². The summed E-state index contributed by atoms with van der Waals surface area (Å²) in [6.07, 6.45) is -3.85. The molecule has 0 aliphatic carbocycles. The molecular weight excluding hydrogens is 439 g/mol. The van der Waals surface area contributed by atoms with Crippen LogP contribution in [0.3, 0.4) is 0 Å². The molecule has 4 rings (SSSR count). The van der Waals surface area contributed by atoms with Crippen molar-refractivity contribution in [3.8, 4) is 27.1 Å². The Hall–Kier alpha value is -3.09. The highest BCUT2D eigenvalue weighted by Crippen LogP contribution is 2.35. The van der Waals surface area contributed by atoms with E-state index in [0.717, 1.165) is 23.1 Å². The van der Waals surface area contributed by atoms with E-state index < -0.39 is 21.9 Å². The van der Waals surface area contributed by atoms with Gasteiger partial charge in [-0.25, -0.2) is 18.5 Å². The first-order valence-electron chi connectivity index (χ1n) is 8.32. The minimum atomic E-state index is -4.67. The summed E-state index contributed by atoms with van der Waals surface area (Å²) in [4.78, 5) is 3.55. The van der Waals surface area contributed by atoms with Gasteiger partial charge in [0.05, 0.1) is 4.90 Å². The van der Waals surface area contributed by atoms with Crippen molar-refractivity contribution in [1.82, 2.24) is 19.7 Å². The van der Waals surface area contributed by atoms with Crippen molar-refractivity contribution >= 4 is 21.4 Å². The largest absolute Gasteiger partial charge is 0.434 e. The molecule has 0 bridgehead atoms. The highest BCUT2D eigenvalue weighted by Gasteiger charge is 2.35. The molecular formula is C18H12F3N5O2S2. The standard InChI is InChI=1S/C18H12F3N5O2S2/c19-18(20,21)14-10-26(12-6-8-13(9-7-12)30(22,27)28)15(23-14)17-25-24-16(29-17)11-4-2-1-3-5-11/h1-10H,(H2,22,27,28). The van der Waals surface area contributed by atoms with Crippen molar-refractivity contribution in [3.05, 3.63) is 66.5 Å². The second-order valence-electron chi connectivity index (χ2n) is 6.13. The minimum absolute atomic E-state index is 0.0645. The van der Waals surface area contributed by atoms with Crippen molar-refractivity contribution < 1.29 is 21.6 Å². The Bertz CT molecular complexity index is 1300. The lowest BCUT2D eigenvalue weighted by Crippen LogP contribution is -2.12. The number of alkyl halides is 3. The molecule has 0 saturated carbocycles. The quantitative estimate of drug-likeness (QED) is 0.509. The van der Waals surface area contributed by atoms with Crippen molar-refractivity contribution in [2.24, 2.45) is 5.14 Å². The van der Waals surface area contributed by atoms with Crippen LogP contribution in [0, 0.1) is 0 Å². The van der Waals surface area contributed by atoms with E-state index in [1.807, 2.05) is 30.3 Å². The maximum atomic E-state index is 13.3. The number of hydrogen-bond acceptors (Lipinski definition) is 6. The van der Waals surface area contributed by atoms with Crippen LogP contribution in [0.4, 0.5) is 13.2 Å². The van der Waals surface area contributed by atoms with Gasteiger partial charge in [-0.2, -0.15) is 13.2 Å². The third-order valence-corrected chi connectivity index (χ3v) is 5.97. The Morgan fingerprint density at radius 3 is 2.17 bits per heavy atom. The molecule has 30 heavy (non-hydrogen) atoms. The molecule has 0 radical (unpaired) electrons. The first kappa shape index (κ1) is 20.2. The Labute approximate surface area is 172 Å². The van der Waals surface area contributed by atoms with E-state index in [4.69, 9.17) is 5.14 Å². The summed E-state index contributed by atoms with van der Waals surface area (Å²) < 4.78 is 64.0. The first-order chi connectivity index (χ1) is 14.1. The fourth-order valence-corrected chi connectivity index (χ4v) is 4.02. The van der Waals surface area contributed by atoms with Gasteiger partial charge in [0, 0.05) is 17.4 Å². The Morgan fingerprint density at radius 1 is 0.933 bits per heavy atom. The van der Waals surface area contributed by atoms with Crippen LogP contribution in [-0.4, -0.2) is 28.2 Å². The van der Waals surface area contributed by atoms with E-state index in [-0.39, 0.29) is 21.4 Å². The molecule has 7 nitrogen and oxygen atoms in total. The Morgan fingerprint density at radius 2 is 1.57 bits per heavy atom. The van der Waals surface area contributed by atoms with E-state index in [9.17, 15) is 21.6 Å². The van der Waals surface area contributed by atoms with Gasteiger partial charge >= 0.3 is 6.18 Å². The lowest BCUT2D eigenvalue weighted by molar-refractivity contribution is -0.140. The van der Waals surface area contributed by atoms with Gasteiger partial charge in [-0.05, 0) is 24.3 Å². The summed E-state index contributed by atoms with van der Waals surface area (Å²) in [5, 5.41) is 13.8. The van der Waals surface area contributed by atoms with E-state index in [0.29, 0.717) is 5.01 Å². The Kier molecular flexibility index (Phi) is 4.92. The summed E-state index contributed by atoms with van der Waals surface area (Å²) in [5.41, 5.74) is -0.0748. The van der Waals surface area contributed by atoms with E-state index in [1.54, 1.807) is 0 Å². The molecule has 12 heteroatoms. The molecule has 0 spiro atoms. The van der Waals surface area contributed by atoms with Crippen LogP contribution in [-0.2, 0) is 16.2 Å². The summed E-state index contributed by atoms with van der Waals surface area (Å²) in [7, 11) is -3.93. The fraction of sp³-hybridized carbons (Fsp3) is 0.0556. The highest BCUT2D eigenvalue weighted by atomic mass is 32.2. The van der Waals surface area contributed by atoms with E-state index in [2.05, 4.69) is 15.2 Å². The van der Waals surface area contributed by atoms with Crippen molar-refractivity contribution in [2.75, 3.05) is 0 Å². The van der Waals surface area contributed by atoms with Gasteiger partial charge in [0.25, 0.3) is 0 Å². The number of aromatic nitrogens is 4. The molecule has 0 saturated heterocycles. The average Bonchev–Trinajstić information content (AvgIpc) is 3.35. The van der Waals surface area contributed by atoms with Crippen LogP contribution in [0.2, 0.25) is 0 Å². The summed E-state index contributed by atoms with van der Waals surface area (Å²) >= 11 is 1.09. The molecule has 0 atom stereocenters. The number of rotatable bonds is 4. The summed E-state index contributed by atoms with van der Waals surface area (Å²) in [6, 6.07) is 14.2. The summed E-state index contributed by atoms with van der Waals surface area (Å²) in [6.45, 7) is 0. The van der Waals surface area contributed by atoms with Gasteiger partial charge in [-0.3, -0.25) is 4.57 Å². The van der Waals surface area contributed by atoms with Crippen molar-refractivity contribution in [3.63, 3.8) is 0 Å². The third-order valence-electron chi connectivity index (χ3n) is 4.08. The zero-order chi connectivity index (χ0) is 21.5. The van der Waals surface area contributed by atoms with Crippen LogP contribution in [0.5, 0.6) is 0 Å². The monoisotopic (exact) mass is 451 g/mol. The maximum absolute atomic E-state index is 13.3. The first-order valence-corrected chi connectivity index (χ1v) is 10.7. The number of halogens is 3. The molecule has 2 aromatic heterocycles. The molecule has 0 aliphatic heterocycles. The second-order valence-corrected chi connectivity index (χ2v) is 8.67. The van der Waals surface area contributed by atoms with Crippen LogP contribution in [0.25, 0.3) is 27.1 Å². The molecule has 0 unspecified atom stereocenters. The van der Waals surface area contributed by atoms with Gasteiger partial charge in [-0.15, -0.1) is 10.2 Å². The number of nitrogens with two attached hydrogens (primary N) is 1. The normalized spacial score (nSPS) is 12.3. The van der Waals surface area contributed by atoms with Crippen LogP contribution in [0.1, 0.15) is 5.69 Å². The van der Waals surface area contributed by atoms with E-state index >= 15 is 0 Å². The van der Waals surface area contributed by atoms with Gasteiger partial charge in [0.1, 0.15) is 5.01 Å². The minimum Gasteiger partial charge on any atom is -0.297 e. The predicted molar refractivity (Wildman–Crippen MR) is 104 cm³/mol. The molecule has 0 aliphatic rings. The molecule has 2 aromatic carbocycles. The second kappa shape index (κ2) is 7.31. The topological polar surface area (TPSA) is 104 Å². The van der Waals surface area contributed by atoms with Crippen LogP contribution < -0.4 is 5.14 Å².